The molecule has 0 atom stereocenters. The summed E-state index contributed by atoms with van der Waals surface area (Å²) in [7, 11) is 0. The van der Waals surface area contributed by atoms with Gasteiger partial charge in [0.2, 0.25) is 0 Å². The maximum absolute atomic E-state index is 6.40. The molecule has 3 aromatic heterocycles. The number of rotatable bonds is 2. The lowest BCUT2D eigenvalue weighted by molar-refractivity contribution is 0.666. The summed E-state index contributed by atoms with van der Waals surface area (Å²) >= 11 is 0. The van der Waals surface area contributed by atoms with Gasteiger partial charge in [0, 0.05) is 38.9 Å². The Morgan fingerprint density at radius 2 is 1.03 bits per heavy atom. The highest BCUT2D eigenvalue weighted by Gasteiger charge is 2.16. The molecule has 0 aliphatic heterocycles. The summed E-state index contributed by atoms with van der Waals surface area (Å²) in [4.78, 5) is 4.72. The molecule has 0 N–H and O–H groups in total. The fourth-order valence-electron chi connectivity index (χ4n) is 5.10. The molecule has 7 rings (SSSR count). The molecular formula is C31H21NO2. The van der Waals surface area contributed by atoms with Crippen LogP contribution < -0.4 is 0 Å². The lowest BCUT2D eigenvalue weighted by atomic mass is 10.00. The van der Waals surface area contributed by atoms with Crippen LogP contribution >= 0.6 is 0 Å². The van der Waals surface area contributed by atoms with Crippen LogP contribution in [-0.2, 0) is 0 Å². The van der Waals surface area contributed by atoms with Crippen molar-refractivity contribution in [3.63, 3.8) is 0 Å². The molecule has 0 unspecified atom stereocenters. The van der Waals surface area contributed by atoms with E-state index >= 15 is 0 Å². The fourth-order valence-corrected chi connectivity index (χ4v) is 5.10. The molecule has 3 heteroatoms. The third-order valence-electron chi connectivity index (χ3n) is 6.79. The first-order valence-electron chi connectivity index (χ1n) is 11.5. The van der Waals surface area contributed by atoms with Crippen LogP contribution in [0, 0.1) is 13.8 Å². The number of fused-ring (bicyclic) bond motifs is 6. The maximum atomic E-state index is 6.40. The Kier molecular flexibility index (Phi) is 3.97. The molecule has 4 aromatic carbocycles. The van der Waals surface area contributed by atoms with E-state index in [9.17, 15) is 0 Å². The largest absolute Gasteiger partial charge is 0.455 e. The normalized spacial score (nSPS) is 11.8. The topological polar surface area (TPSA) is 39.2 Å². The van der Waals surface area contributed by atoms with E-state index in [1.807, 2.05) is 12.3 Å². The Labute approximate surface area is 196 Å². The highest BCUT2D eigenvalue weighted by Crippen LogP contribution is 2.39. The molecule has 0 aliphatic rings. The van der Waals surface area contributed by atoms with Crippen molar-refractivity contribution in [2.75, 3.05) is 0 Å². The second-order valence-corrected chi connectivity index (χ2v) is 8.90. The standard InChI is InChI=1S/C31H21NO2/c1-18-7-3-10-22-24-12-5-9-21(30(24)33-28(18)22)20-15-16-32-27(17-20)26-14-6-13-25-23-11-4-8-19(2)29(23)34-31(25)26/h3-17H,1-2H3. The van der Waals surface area contributed by atoms with Gasteiger partial charge in [-0.15, -0.1) is 0 Å². The first-order valence-corrected chi connectivity index (χ1v) is 11.5. The molecule has 3 heterocycles. The van der Waals surface area contributed by atoms with Crippen molar-refractivity contribution in [3.8, 4) is 22.4 Å². The number of furan rings is 2. The van der Waals surface area contributed by atoms with Gasteiger partial charge in [-0.1, -0.05) is 66.7 Å². The number of para-hydroxylation sites is 4. The average molecular weight is 440 g/mol. The molecule has 3 nitrogen and oxygen atoms in total. The molecule has 0 amide bonds. The first-order chi connectivity index (χ1) is 16.7. The number of nitrogens with zero attached hydrogens (tertiary/aromatic N) is 1. The molecule has 7 aromatic rings. The predicted molar refractivity (Wildman–Crippen MR) is 139 cm³/mol. The maximum Gasteiger partial charge on any atom is 0.144 e. The summed E-state index contributed by atoms with van der Waals surface area (Å²) in [5, 5.41) is 4.52. The van der Waals surface area contributed by atoms with E-state index in [2.05, 4.69) is 92.7 Å². The van der Waals surface area contributed by atoms with E-state index in [1.165, 1.54) is 0 Å². The van der Waals surface area contributed by atoms with Crippen molar-refractivity contribution in [1.82, 2.24) is 4.98 Å². The second kappa shape index (κ2) is 7.06. The predicted octanol–water partition coefficient (Wildman–Crippen LogP) is 8.83. The van der Waals surface area contributed by atoms with Gasteiger partial charge in [-0.05, 0) is 48.7 Å². The van der Waals surface area contributed by atoms with Gasteiger partial charge in [-0.2, -0.15) is 0 Å². The number of hydrogen-bond acceptors (Lipinski definition) is 3. The van der Waals surface area contributed by atoms with E-state index in [0.29, 0.717) is 0 Å². The van der Waals surface area contributed by atoms with Crippen LogP contribution in [0.4, 0.5) is 0 Å². The monoisotopic (exact) mass is 439 g/mol. The zero-order valence-corrected chi connectivity index (χ0v) is 18.9. The van der Waals surface area contributed by atoms with Crippen LogP contribution in [0.1, 0.15) is 11.1 Å². The second-order valence-electron chi connectivity index (χ2n) is 8.90. The Morgan fingerprint density at radius 3 is 1.65 bits per heavy atom. The third-order valence-corrected chi connectivity index (χ3v) is 6.79. The summed E-state index contributed by atoms with van der Waals surface area (Å²) < 4.78 is 12.8. The van der Waals surface area contributed by atoms with Crippen molar-refractivity contribution in [3.05, 3.63) is 102 Å². The zero-order valence-electron chi connectivity index (χ0n) is 18.9. The minimum atomic E-state index is 0.869. The third kappa shape index (κ3) is 2.67. The van der Waals surface area contributed by atoms with E-state index < -0.39 is 0 Å². The van der Waals surface area contributed by atoms with Crippen LogP contribution in [0.3, 0.4) is 0 Å². The molecule has 34 heavy (non-hydrogen) atoms. The lowest BCUT2D eigenvalue weighted by Crippen LogP contribution is -1.86. The van der Waals surface area contributed by atoms with E-state index in [0.717, 1.165) is 77.4 Å². The summed E-state index contributed by atoms with van der Waals surface area (Å²) in [6.45, 7) is 4.17. The number of pyridine rings is 1. The molecule has 0 spiro atoms. The van der Waals surface area contributed by atoms with Crippen molar-refractivity contribution in [2.24, 2.45) is 0 Å². The number of aryl methyl sites for hydroxylation is 2. The average Bonchev–Trinajstić information content (AvgIpc) is 3.45. The number of hydrogen-bond donors (Lipinski definition) is 0. The summed E-state index contributed by atoms with van der Waals surface area (Å²) in [5.74, 6) is 0. The molecular weight excluding hydrogens is 418 g/mol. The van der Waals surface area contributed by atoms with Gasteiger partial charge in [0.15, 0.2) is 0 Å². The molecule has 0 bridgehead atoms. The molecule has 0 saturated carbocycles. The number of aromatic nitrogens is 1. The fraction of sp³-hybridized carbons (Fsp3) is 0.0645. The highest BCUT2D eigenvalue weighted by molar-refractivity contribution is 6.11. The minimum absolute atomic E-state index is 0.869. The lowest BCUT2D eigenvalue weighted by Gasteiger charge is -2.06. The summed E-state index contributed by atoms with van der Waals surface area (Å²) in [6, 6.07) is 29.4. The van der Waals surface area contributed by atoms with Crippen molar-refractivity contribution in [2.45, 2.75) is 13.8 Å². The first kappa shape index (κ1) is 19.1. The van der Waals surface area contributed by atoms with Gasteiger partial charge in [0.05, 0.1) is 5.69 Å². The van der Waals surface area contributed by atoms with E-state index in [1.54, 1.807) is 0 Å². The van der Waals surface area contributed by atoms with Crippen molar-refractivity contribution in [1.29, 1.82) is 0 Å². The van der Waals surface area contributed by atoms with E-state index in [-0.39, 0.29) is 0 Å². The van der Waals surface area contributed by atoms with Crippen LogP contribution in [0.15, 0.2) is 100.0 Å². The smallest absolute Gasteiger partial charge is 0.144 e. The van der Waals surface area contributed by atoms with Gasteiger partial charge in [-0.25, -0.2) is 0 Å². The Morgan fingerprint density at radius 1 is 0.529 bits per heavy atom. The minimum Gasteiger partial charge on any atom is -0.455 e. The van der Waals surface area contributed by atoms with Gasteiger partial charge >= 0.3 is 0 Å². The molecule has 0 radical (unpaired) electrons. The molecule has 0 aliphatic carbocycles. The van der Waals surface area contributed by atoms with Gasteiger partial charge in [0.1, 0.15) is 22.3 Å². The Balaban J connectivity index is 1.46. The molecule has 162 valence electrons. The molecule has 0 saturated heterocycles. The van der Waals surface area contributed by atoms with Crippen LogP contribution in [0.2, 0.25) is 0 Å². The van der Waals surface area contributed by atoms with Crippen LogP contribution in [-0.4, -0.2) is 4.98 Å². The Bertz CT molecular complexity index is 1750. The Hall–Kier alpha value is -4.37. The van der Waals surface area contributed by atoms with Crippen molar-refractivity contribution < 1.29 is 8.83 Å². The highest BCUT2D eigenvalue weighted by atomic mass is 16.3. The van der Waals surface area contributed by atoms with E-state index in [4.69, 9.17) is 13.8 Å². The van der Waals surface area contributed by atoms with Crippen LogP contribution in [0.5, 0.6) is 0 Å². The van der Waals surface area contributed by atoms with Gasteiger partial charge in [0.25, 0.3) is 0 Å². The summed E-state index contributed by atoms with van der Waals surface area (Å²) in [5.41, 5.74) is 9.92. The quantitative estimate of drug-likeness (QED) is 0.270. The number of benzene rings is 4. The summed E-state index contributed by atoms with van der Waals surface area (Å²) in [6.07, 6.45) is 1.87. The van der Waals surface area contributed by atoms with Crippen molar-refractivity contribution >= 4 is 43.9 Å². The molecule has 0 fully saturated rings. The van der Waals surface area contributed by atoms with Gasteiger partial charge in [-0.3, -0.25) is 4.98 Å². The zero-order chi connectivity index (χ0) is 22.8. The SMILES string of the molecule is Cc1cccc2c1oc1c(-c3ccnc(-c4cccc5c4oc4c(C)cccc45)c3)cccc12. The van der Waals surface area contributed by atoms with Gasteiger partial charge < -0.3 is 8.83 Å². The van der Waals surface area contributed by atoms with Crippen LogP contribution in [0.25, 0.3) is 66.3 Å².